The molecule has 1 aliphatic heterocycles. The number of likely N-dealkylation sites (tertiary alicyclic amines) is 1. The number of fused-ring (bicyclic) bond motifs is 1. The highest BCUT2D eigenvalue weighted by Crippen LogP contribution is 2.37. The van der Waals surface area contributed by atoms with Crippen molar-refractivity contribution in [2.24, 2.45) is 0 Å². The molecule has 4 nitrogen and oxygen atoms in total. The molecule has 1 fully saturated rings. The molecule has 0 bridgehead atoms. The summed E-state index contributed by atoms with van der Waals surface area (Å²) in [6, 6.07) is 16.3. The normalized spacial score (nSPS) is 15.6. The zero-order valence-corrected chi connectivity index (χ0v) is 17.4. The number of hydrogen-bond acceptors (Lipinski definition) is 4. The number of amides is 1. The van der Waals surface area contributed by atoms with Crippen molar-refractivity contribution in [3.8, 4) is 5.75 Å². The predicted octanol–water partition coefficient (Wildman–Crippen LogP) is 5.13. The summed E-state index contributed by atoms with van der Waals surface area (Å²) in [5.74, 6) is 0.614. The Balaban J connectivity index is 1.54. The van der Waals surface area contributed by atoms with E-state index in [1.165, 1.54) is 29.7 Å². The fourth-order valence-corrected chi connectivity index (χ4v) is 5.18. The van der Waals surface area contributed by atoms with Crippen molar-refractivity contribution in [1.29, 1.82) is 0 Å². The van der Waals surface area contributed by atoms with E-state index in [4.69, 9.17) is 16.3 Å². The van der Waals surface area contributed by atoms with Gasteiger partial charge in [0.25, 0.3) is 5.91 Å². The van der Waals surface area contributed by atoms with Gasteiger partial charge in [-0.25, -0.2) is 0 Å². The number of hydrogen-bond donors (Lipinski definition) is 1. The van der Waals surface area contributed by atoms with Gasteiger partial charge in [-0.15, -0.1) is 11.3 Å². The highest BCUT2D eigenvalue weighted by atomic mass is 35.5. The molecule has 1 atom stereocenters. The van der Waals surface area contributed by atoms with Crippen molar-refractivity contribution in [3.05, 3.63) is 64.0 Å². The number of ether oxygens (including phenoxy) is 1. The van der Waals surface area contributed by atoms with Crippen LogP contribution < -0.4 is 10.1 Å². The predicted molar refractivity (Wildman–Crippen MR) is 116 cm³/mol. The third kappa shape index (κ3) is 3.88. The van der Waals surface area contributed by atoms with E-state index in [0.717, 1.165) is 28.9 Å². The molecule has 1 saturated heterocycles. The van der Waals surface area contributed by atoms with Gasteiger partial charge in [-0.05, 0) is 49.7 Å². The largest absolute Gasteiger partial charge is 0.497 e. The van der Waals surface area contributed by atoms with Crippen molar-refractivity contribution in [3.63, 3.8) is 0 Å². The summed E-state index contributed by atoms with van der Waals surface area (Å²) in [5.41, 5.74) is 1.23. The summed E-state index contributed by atoms with van der Waals surface area (Å²) < 4.78 is 6.25. The van der Waals surface area contributed by atoms with Crippen LogP contribution in [0.3, 0.4) is 0 Å². The summed E-state index contributed by atoms with van der Waals surface area (Å²) in [5, 5.41) is 4.47. The minimum Gasteiger partial charge on any atom is -0.497 e. The van der Waals surface area contributed by atoms with Crippen LogP contribution in [0.25, 0.3) is 10.1 Å². The maximum atomic E-state index is 12.9. The van der Waals surface area contributed by atoms with Gasteiger partial charge in [-0.2, -0.15) is 0 Å². The number of halogens is 1. The number of nitrogens with one attached hydrogen (secondary N) is 1. The highest BCUT2D eigenvalue weighted by molar-refractivity contribution is 7.21. The molecule has 0 spiro atoms. The molecular formula is C22H23ClN2O2S. The van der Waals surface area contributed by atoms with Crippen molar-refractivity contribution in [1.82, 2.24) is 10.2 Å². The molecule has 2 aromatic carbocycles. The van der Waals surface area contributed by atoms with E-state index in [0.29, 0.717) is 16.4 Å². The van der Waals surface area contributed by atoms with Crippen molar-refractivity contribution in [2.75, 3.05) is 26.7 Å². The SMILES string of the molecule is COc1ccc2sc(C(=O)NCC(c3ccccc3)N3CCCC3)c(Cl)c2c1. The Bertz CT molecular complexity index is 967. The van der Waals surface area contributed by atoms with Gasteiger partial charge < -0.3 is 10.1 Å². The minimum absolute atomic E-state index is 0.120. The number of carbonyl (C=O) groups is 1. The van der Waals surface area contributed by atoms with E-state index in [9.17, 15) is 4.79 Å². The van der Waals surface area contributed by atoms with E-state index in [-0.39, 0.29) is 11.9 Å². The molecule has 28 heavy (non-hydrogen) atoms. The van der Waals surface area contributed by atoms with Crippen LogP contribution in [-0.4, -0.2) is 37.6 Å². The molecule has 0 aliphatic carbocycles. The molecule has 4 rings (SSSR count). The van der Waals surface area contributed by atoms with E-state index in [1.807, 2.05) is 24.3 Å². The molecule has 6 heteroatoms. The second kappa shape index (κ2) is 8.52. The highest BCUT2D eigenvalue weighted by Gasteiger charge is 2.25. The monoisotopic (exact) mass is 414 g/mol. The zero-order chi connectivity index (χ0) is 19.5. The lowest BCUT2D eigenvalue weighted by atomic mass is 10.1. The first-order chi connectivity index (χ1) is 13.7. The maximum absolute atomic E-state index is 12.9. The number of benzene rings is 2. The first kappa shape index (κ1) is 19.2. The number of nitrogens with zero attached hydrogens (tertiary/aromatic N) is 1. The Hall–Kier alpha value is -2.08. The lowest BCUT2D eigenvalue weighted by Crippen LogP contribution is -2.36. The van der Waals surface area contributed by atoms with Crippen LogP contribution in [-0.2, 0) is 0 Å². The molecule has 1 unspecified atom stereocenters. The van der Waals surface area contributed by atoms with Crippen LogP contribution in [0.4, 0.5) is 0 Å². The van der Waals surface area contributed by atoms with Crippen LogP contribution in [0.2, 0.25) is 5.02 Å². The summed E-state index contributed by atoms with van der Waals surface area (Å²) in [7, 11) is 1.62. The average molecular weight is 415 g/mol. The molecule has 1 amide bonds. The second-order valence-electron chi connectivity index (χ2n) is 6.99. The van der Waals surface area contributed by atoms with E-state index >= 15 is 0 Å². The van der Waals surface area contributed by atoms with Crippen molar-refractivity contribution >= 4 is 38.9 Å². The number of carbonyl (C=O) groups excluding carboxylic acids is 1. The van der Waals surface area contributed by atoms with Gasteiger partial charge in [-0.1, -0.05) is 41.9 Å². The van der Waals surface area contributed by atoms with Gasteiger partial charge in [-0.3, -0.25) is 9.69 Å². The van der Waals surface area contributed by atoms with Crippen LogP contribution in [0, 0.1) is 0 Å². The van der Waals surface area contributed by atoms with Crippen molar-refractivity contribution < 1.29 is 9.53 Å². The maximum Gasteiger partial charge on any atom is 0.262 e. The molecule has 1 aliphatic rings. The molecule has 0 saturated carbocycles. The second-order valence-corrected chi connectivity index (χ2v) is 8.42. The smallest absolute Gasteiger partial charge is 0.262 e. The lowest BCUT2D eigenvalue weighted by Gasteiger charge is -2.28. The first-order valence-corrected chi connectivity index (χ1v) is 10.7. The van der Waals surface area contributed by atoms with Crippen LogP contribution in [0.1, 0.15) is 34.1 Å². The summed E-state index contributed by atoms with van der Waals surface area (Å²) in [6.45, 7) is 2.70. The Labute approximate surface area is 174 Å². The third-order valence-corrected chi connectivity index (χ3v) is 6.94. The van der Waals surface area contributed by atoms with Crippen molar-refractivity contribution in [2.45, 2.75) is 18.9 Å². The molecule has 1 aromatic heterocycles. The van der Waals surface area contributed by atoms with E-state index in [2.05, 4.69) is 34.5 Å². The molecule has 3 aromatic rings. The Morgan fingerprint density at radius 1 is 1.21 bits per heavy atom. The molecule has 146 valence electrons. The van der Waals surface area contributed by atoms with Crippen LogP contribution in [0.5, 0.6) is 5.75 Å². The topological polar surface area (TPSA) is 41.6 Å². The van der Waals surface area contributed by atoms with Gasteiger partial charge >= 0.3 is 0 Å². The quantitative estimate of drug-likeness (QED) is 0.607. The summed E-state index contributed by atoms with van der Waals surface area (Å²) in [4.78, 5) is 15.9. The average Bonchev–Trinajstić information content (AvgIpc) is 3.37. The summed E-state index contributed by atoms with van der Waals surface area (Å²) >= 11 is 7.94. The van der Waals surface area contributed by atoms with Gasteiger partial charge in [0.1, 0.15) is 10.6 Å². The van der Waals surface area contributed by atoms with Gasteiger partial charge in [0.15, 0.2) is 0 Å². The number of thiophene rings is 1. The zero-order valence-electron chi connectivity index (χ0n) is 15.8. The Morgan fingerprint density at radius 2 is 1.96 bits per heavy atom. The standard InChI is InChI=1S/C22H23ClN2O2S/c1-27-16-9-10-19-17(13-16)20(23)21(28-19)22(26)24-14-18(25-11-5-6-12-25)15-7-3-2-4-8-15/h2-4,7-10,13,18H,5-6,11-12,14H2,1H3,(H,24,26). The Morgan fingerprint density at radius 3 is 2.68 bits per heavy atom. The first-order valence-electron chi connectivity index (χ1n) is 9.50. The number of rotatable bonds is 6. The molecule has 0 radical (unpaired) electrons. The number of methoxy groups -OCH3 is 1. The van der Waals surface area contributed by atoms with E-state index < -0.39 is 0 Å². The van der Waals surface area contributed by atoms with Gasteiger partial charge in [0, 0.05) is 16.6 Å². The molecule has 2 heterocycles. The van der Waals surface area contributed by atoms with E-state index in [1.54, 1.807) is 7.11 Å². The van der Waals surface area contributed by atoms with Gasteiger partial charge in [0.2, 0.25) is 0 Å². The fourth-order valence-electron chi connectivity index (χ4n) is 3.78. The third-order valence-electron chi connectivity index (χ3n) is 5.26. The van der Waals surface area contributed by atoms with Crippen LogP contribution >= 0.6 is 22.9 Å². The van der Waals surface area contributed by atoms with Crippen LogP contribution in [0.15, 0.2) is 48.5 Å². The minimum atomic E-state index is -0.120. The molecule has 1 N–H and O–H groups in total. The summed E-state index contributed by atoms with van der Waals surface area (Å²) in [6.07, 6.45) is 2.42. The fraction of sp³-hybridized carbons (Fsp3) is 0.318. The Kier molecular flexibility index (Phi) is 5.85. The van der Waals surface area contributed by atoms with Gasteiger partial charge in [0.05, 0.1) is 18.2 Å². The lowest BCUT2D eigenvalue weighted by molar-refractivity contribution is 0.0942. The molecular weight excluding hydrogens is 392 g/mol.